The molecule has 9 rings (SSSR count). The second-order valence-corrected chi connectivity index (χ2v) is 18.5. The number of aromatic nitrogens is 1. The molecule has 0 saturated carbocycles. The summed E-state index contributed by atoms with van der Waals surface area (Å²) in [6, 6.07) is 50.7. The van der Waals surface area contributed by atoms with E-state index < -0.39 is 0 Å². The van der Waals surface area contributed by atoms with Crippen LogP contribution in [-0.2, 0) is 16.2 Å². The molecule has 1 heterocycles. The van der Waals surface area contributed by atoms with Crippen molar-refractivity contribution in [1.82, 2.24) is 4.57 Å². The van der Waals surface area contributed by atoms with Gasteiger partial charge in [-0.2, -0.15) is 0 Å². The number of hydrogen-bond donors (Lipinski definition) is 0. The number of fused-ring (bicyclic) bond motifs is 8. The van der Waals surface area contributed by atoms with Crippen LogP contribution in [-0.4, -0.2) is 4.57 Å². The molecule has 1 aromatic heterocycles. The summed E-state index contributed by atoms with van der Waals surface area (Å²) in [5.41, 5.74) is 17.8. The van der Waals surface area contributed by atoms with Crippen LogP contribution in [0, 0.1) is 13.8 Å². The Bertz CT molecular complexity index is 2730. The number of para-hydroxylation sites is 1. The van der Waals surface area contributed by atoms with E-state index in [0.717, 1.165) is 5.69 Å². The molecular weight excluding hydrogens is 665 g/mol. The van der Waals surface area contributed by atoms with Gasteiger partial charge in [0.2, 0.25) is 0 Å². The van der Waals surface area contributed by atoms with Gasteiger partial charge in [-0.15, -0.1) is 0 Å². The normalized spacial score (nSPS) is 13.8. The lowest BCUT2D eigenvalue weighted by Gasteiger charge is -2.28. The summed E-state index contributed by atoms with van der Waals surface area (Å²) in [7, 11) is 0. The smallest absolute Gasteiger partial charge is 0.0544 e. The van der Waals surface area contributed by atoms with Crippen LogP contribution in [0.5, 0.6) is 0 Å². The van der Waals surface area contributed by atoms with Crippen molar-refractivity contribution in [2.24, 2.45) is 0 Å². The molecule has 0 unspecified atom stereocenters. The molecule has 2 heteroatoms. The number of hydrogen-bond acceptors (Lipinski definition) is 1. The van der Waals surface area contributed by atoms with E-state index in [1.807, 2.05) is 0 Å². The Morgan fingerprint density at radius 1 is 0.473 bits per heavy atom. The highest BCUT2D eigenvalue weighted by molar-refractivity contribution is 6.13. The predicted octanol–water partition coefficient (Wildman–Crippen LogP) is 14.9. The third-order valence-electron chi connectivity index (χ3n) is 12.1. The van der Waals surface area contributed by atoms with E-state index in [2.05, 4.69) is 212 Å². The zero-order chi connectivity index (χ0) is 38.6. The van der Waals surface area contributed by atoms with Crippen LogP contribution in [0.2, 0.25) is 0 Å². The lowest BCUT2D eigenvalue weighted by Crippen LogP contribution is -2.17. The van der Waals surface area contributed by atoms with E-state index in [0.29, 0.717) is 0 Å². The first kappa shape index (κ1) is 35.1. The highest BCUT2D eigenvalue weighted by atomic mass is 15.1. The van der Waals surface area contributed by atoms with Crippen LogP contribution in [0.15, 0.2) is 133 Å². The van der Waals surface area contributed by atoms with Crippen molar-refractivity contribution >= 4 is 49.6 Å². The van der Waals surface area contributed by atoms with E-state index in [1.54, 1.807) is 0 Å². The summed E-state index contributed by atoms with van der Waals surface area (Å²) < 4.78 is 2.55. The lowest BCUT2D eigenvalue weighted by atomic mass is 9.81. The second kappa shape index (κ2) is 12.2. The van der Waals surface area contributed by atoms with E-state index in [4.69, 9.17) is 0 Å². The summed E-state index contributed by atoms with van der Waals surface area (Å²) in [6.07, 6.45) is 0. The summed E-state index contributed by atoms with van der Waals surface area (Å²) in [6.45, 7) is 23.1. The fraction of sp³-hybridized carbons (Fsp3) is 0.245. The van der Waals surface area contributed by atoms with Crippen molar-refractivity contribution < 1.29 is 0 Å². The van der Waals surface area contributed by atoms with Gasteiger partial charge in [-0.25, -0.2) is 0 Å². The Hall–Kier alpha value is -5.60. The largest absolute Gasteiger partial charge is 0.310 e. The molecule has 1 aliphatic rings. The first-order valence-electron chi connectivity index (χ1n) is 19.9. The standard InChI is InChI=1S/C53H52N2/c1-33-26-34(2)28-39(27-33)54(37-16-12-11-13-17-37)38-22-23-42-45(31-38)53(9,10)46-32-49(40-18-14-15-19-41(40)50(42)46)55-47-24-20-35(51(3,4)5)29-43(47)44-30-36(52(6,7)8)21-25-48(44)55/h11-32H,1-10H3. The minimum atomic E-state index is -0.234. The first-order valence-corrected chi connectivity index (χ1v) is 19.9. The van der Waals surface area contributed by atoms with Gasteiger partial charge in [-0.1, -0.05) is 122 Å². The lowest BCUT2D eigenvalue weighted by molar-refractivity contribution is 0.590. The van der Waals surface area contributed by atoms with Crippen molar-refractivity contribution in [2.75, 3.05) is 4.90 Å². The first-order chi connectivity index (χ1) is 26.1. The minimum absolute atomic E-state index is 0.0490. The third kappa shape index (κ3) is 5.60. The molecule has 0 radical (unpaired) electrons. The summed E-state index contributed by atoms with van der Waals surface area (Å²) in [4.78, 5) is 2.42. The van der Waals surface area contributed by atoms with Crippen molar-refractivity contribution in [2.45, 2.75) is 85.5 Å². The van der Waals surface area contributed by atoms with Gasteiger partial charge >= 0.3 is 0 Å². The Kier molecular flexibility index (Phi) is 7.79. The Labute approximate surface area is 327 Å². The molecule has 0 spiro atoms. The zero-order valence-electron chi connectivity index (χ0n) is 34.1. The van der Waals surface area contributed by atoms with E-state index in [-0.39, 0.29) is 16.2 Å². The van der Waals surface area contributed by atoms with Gasteiger partial charge in [-0.05, 0) is 141 Å². The zero-order valence-corrected chi connectivity index (χ0v) is 34.1. The molecule has 55 heavy (non-hydrogen) atoms. The molecule has 2 nitrogen and oxygen atoms in total. The van der Waals surface area contributed by atoms with Crippen LogP contribution in [0.25, 0.3) is 49.4 Å². The quantitative estimate of drug-likeness (QED) is 0.176. The average Bonchev–Trinajstić information content (AvgIpc) is 3.58. The molecule has 0 amide bonds. The van der Waals surface area contributed by atoms with Gasteiger partial charge in [0.15, 0.2) is 0 Å². The Balaban J connectivity index is 1.29. The summed E-state index contributed by atoms with van der Waals surface area (Å²) >= 11 is 0. The maximum absolute atomic E-state index is 2.55. The monoisotopic (exact) mass is 716 g/mol. The van der Waals surface area contributed by atoms with Crippen LogP contribution in [0.1, 0.15) is 88.8 Å². The van der Waals surface area contributed by atoms with Crippen molar-refractivity contribution in [3.63, 3.8) is 0 Å². The Morgan fingerprint density at radius 3 is 1.62 bits per heavy atom. The number of rotatable bonds is 4. The molecule has 0 saturated heterocycles. The molecular formula is C53H52N2. The molecule has 1 aliphatic carbocycles. The van der Waals surface area contributed by atoms with Gasteiger partial charge in [-0.3, -0.25) is 0 Å². The summed E-state index contributed by atoms with van der Waals surface area (Å²) in [5, 5.41) is 5.21. The second-order valence-electron chi connectivity index (χ2n) is 18.5. The van der Waals surface area contributed by atoms with Crippen molar-refractivity contribution in [1.29, 1.82) is 0 Å². The molecule has 0 N–H and O–H groups in total. The average molecular weight is 717 g/mol. The van der Waals surface area contributed by atoms with Crippen LogP contribution in [0.4, 0.5) is 17.1 Å². The SMILES string of the molecule is Cc1cc(C)cc(N(c2ccccc2)c2ccc3c(c2)C(C)(C)c2cc(-n4c5ccc(C(C)(C)C)cc5c5cc(C(C)(C)C)ccc54)c4ccccc4c2-3)c1. The van der Waals surface area contributed by atoms with Crippen molar-refractivity contribution in [3.05, 3.63) is 167 Å². The molecule has 0 fully saturated rings. The fourth-order valence-electron chi connectivity index (χ4n) is 9.20. The van der Waals surface area contributed by atoms with Crippen LogP contribution in [0.3, 0.4) is 0 Å². The van der Waals surface area contributed by atoms with Gasteiger partial charge in [0.25, 0.3) is 0 Å². The van der Waals surface area contributed by atoms with Crippen LogP contribution < -0.4 is 4.90 Å². The van der Waals surface area contributed by atoms with Gasteiger partial charge in [0.05, 0.1) is 16.7 Å². The van der Waals surface area contributed by atoms with Gasteiger partial charge in [0, 0.05) is 38.6 Å². The van der Waals surface area contributed by atoms with Crippen LogP contribution >= 0.6 is 0 Å². The number of anilines is 3. The molecule has 0 bridgehead atoms. The maximum atomic E-state index is 2.55. The number of nitrogens with zero attached hydrogens (tertiary/aromatic N) is 2. The molecule has 274 valence electrons. The topological polar surface area (TPSA) is 8.17 Å². The maximum Gasteiger partial charge on any atom is 0.0544 e. The number of benzene rings is 7. The van der Waals surface area contributed by atoms with Gasteiger partial charge in [0.1, 0.15) is 0 Å². The van der Waals surface area contributed by atoms with E-state index in [9.17, 15) is 0 Å². The highest BCUT2D eigenvalue weighted by Crippen LogP contribution is 2.54. The Morgan fingerprint density at radius 2 is 1.04 bits per heavy atom. The van der Waals surface area contributed by atoms with E-state index >= 15 is 0 Å². The molecule has 7 aromatic carbocycles. The minimum Gasteiger partial charge on any atom is -0.310 e. The van der Waals surface area contributed by atoms with Crippen molar-refractivity contribution in [3.8, 4) is 16.8 Å². The molecule has 8 aromatic rings. The van der Waals surface area contributed by atoms with E-state index in [1.165, 1.54) is 94.1 Å². The molecule has 0 aliphatic heterocycles. The predicted molar refractivity (Wildman–Crippen MR) is 237 cm³/mol. The third-order valence-corrected chi connectivity index (χ3v) is 12.1. The summed E-state index contributed by atoms with van der Waals surface area (Å²) in [5.74, 6) is 0. The fourth-order valence-corrected chi connectivity index (χ4v) is 9.20. The highest BCUT2D eigenvalue weighted by Gasteiger charge is 2.38. The molecule has 0 atom stereocenters. The van der Waals surface area contributed by atoms with Gasteiger partial charge < -0.3 is 9.47 Å². The number of aryl methyl sites for hydroxylation is 2.